The van der Waals surface area contributed by atoms with Gasteiger partial charge in [0.15, 0.2) is 0 Å². The fourth-order valence-corrected chi connectivity index (χ4v) is 1.13. The summed E-state index contributed by atoms with van der Waals surface area (Å²) in [5, 5.41) is 15.6. The quantitative estimate of drug-likeness (QED) is 0.297. The van der Waals surface area contributed by atoms with Gasteiger partial charge < -0.3 is 26.8 Å². The Balaban J connectivity index is 4.42. The van der Waals surface area contributed by atoms with Crippen molar-refractivity contribution in [3.8, 4) is 0 Å². The third-order valence-electron chi connectivity index (χ3n) is 2.30. The molecular weight excluding hydrogens is 280 g/mol. The Bertz CT molecular complexity index is 449. The molecule has 0 heterocycles. The van der Waals surface area contributed by atoms with Gasteiger partial charge in [0.25, 0.3) is 0 Å². The highest BCUT2D eigenvalue weighted by Gasteiger charge is 2.23. The van der Waals surface area contributed by atoms with Crippen molar-refractivity contribution in [2.75, 3.05) is 13.1 Å². The van der Waals surface area contributed by atoms with Crippen LogP contribution in [0, 0.1) is 0 Å². The van der Waals surface area contributed by atoms with Crippen molar-refractivity contribution in [3.05, 3.63) is 25.3 Å². The Hall–Kier alpha value is -2.68. The van der Waals surface area contributed by atoms with E-state index in [1.165, 1.54) is 0 Å². The second-order valence-corrected chi connectivity index (χ2v) is 3.90. The van der Waals surface area contributed by atoms with Gasteiger partial charge in [0.2, 0.25) is 17.7 Å². The number of carboxylic acids is 1. The third kappa shape index (κ3) is 7.47. The van der Waals surface area contributed by atoms with Crippen molar-refractivity contribution in [1.29, 1.82) is 0 Å². The summed E-state index contributed by atoms with van der Waals surface area (Å²) < 4.78 is 0. The molecule has 3 amide bonds. The van der Waals surface area contributed by atoms with E-state index in [2.05, 4.69) is 29.1 Å². The maximum Gasteiger partial charge on any atom is 0.328 e. The predicted molar refractivity (Wildman–Crippen MR) is 74.0 cm³/mol. The van der Waals surface area contributed by atoms with Gasteiger partial charge in [-0.25, -0.2) is 4.79 Å². The Kier molecular flexibility index (Phi) is 8.08. The summed E-state index contributed by atoms with van der Waals surface area (Å²) in [5.41, 5.74) is 5.49. The fraction of sp³-hybridized carbons (Fsp3) is 0.333. The zero-order chi connectivity index (χ0) is 16.4. The average molecular weight is 298 g/mol. The van der Waals surface area contributed by atoms with Crippen molar-refractivity contribution >= 4 is 23.7 Å². The molecule has 0 fully saturated rings. The maximum absolute atomic E-state index is 11.7. The lowest BCUT2D eigenvalue weighted by Crippen LogP contribution is -2.55. The smallest absolute Gasteiger partial charge is 0.328 e. The van der Waals surface area contributed by atoms with Gasteiger partial charge in [-0.15, -0.1) is 0 Å². The molecule has 0 saturated carbocycles. The van der Waals surface area contributed by atoms with Crippen LogP contribution >= 0.6 is 0 Å². The van der Waals surface area contributed by atoms with Crippen molar-refractivity contribution in [1.82, 2.24) is 16.0 Å². The second kappa shape index (κ2) is 9.26. The van der Waals surface area contributed by atoms with E-state index in [1.54, 1.807) is 0 Å². The Morgan fingerprint density at radius 2 is 1.52 bits per heavy atom. The van der Waals surface area contributed by atoms with Crippen molar-refractivity contribution in [2.45, 2.75) is 12.1 Å². The lowest BCUT2D eigenvalue weighted by molar-refractivity contribution is -0.142. The monoisotopic (exact) mass is 298 g/mol. The molecule has 116 valence electrons. The van der Waals surface area contributed by atoms with Crippen LogP contribution in [0.25, 0.3) is 0 Å². The molecule has 9 nitrogen and oxygen atoms in total. The first-order valence-electron chi connectivity index (χ1n) is 5.91. The minimum absolute atomic E-state index is 0.179. The van der Waals surface area contributed by atoms with Gasteiger partial charge in [-0.3, -0.25) is 14.4 Å². The Morgan fingerprint density at radius 1 is 1.05 bits per heavy atom. The van der Waals surface area contributed by atoms with Crippen LogP contribution < -0.4 is 21.7 Å². The van der Waals surface area contributed by atoms with E-state index in [0.29, 0.717) is 0 Å². The number of hydrogen-bond donors (Lipinski definition) is 5. The van der Waals surface area contributed by atoms with E-state index in [0.717, 1.165) is 12.2 Å². The molecule has 0 aliphatic heterocycles. The zero-order valence-electron chi connectivity index (χ0n) is 11.3. The highest BCUT2D eigenvalue weighted by molar-refractivity contribution is 5.90. The Morgan fingerprint density at radius 3 is 1.95 bits per heavy atom. The number of hydrogen-bond acceptors (Lipinski definition) is 5. The highest BCUT2D eigenvalue weighted by atomic mass is 16.4. The normalized spacial score (nSPS) is 12.4. The van der Waals surface area contributed by atoms with Crippen LogP contribution in [-0.2, 0) is 19.2 Å². The molecule has 0 aromatic carbocycles. The van der Waals surface area contributed by atoms with Gasteiger partial charge in [0.05, 0.1) is 0 Å². The molecule has 0 aromatic heterocycles. The van der Waals surface area contributed by atoms with Crippen molar-refractivity contribution in [2.24, 2.45) is 5.73 Å². The molecule has 0 saturated heterocycles. The molecule has 0 bridgehead atoms. The molecule has 0 aromatic rings. The summed E-state index contributed by atoms with van der Waals surface area (Å²) in [4.78, 5) is 44.5. The van der Waals surface area contributed by atoms with E-state index in [4.69, 9.17) is 10.8 Å². The van der Waals surface area contributed by atoms with Gasteiger partial charge in [0, 0.05) is 13.1 Å². The molecule has 2 atom stereocenters. The summed E-state index contributed by atoms with van der Waals surface area (Å²) in [6.07, 6.45) is 1.98. The Labute approximate surface area is 121 Å². The molecule has 0 aliphatic carbocycles. The summed E-state index contributed by atoms with van der Waals surface area (Å²) in [5.74, 6) is -3.20. The van der Waals surface area contributed by atoms with E-state index in [-0.39, 0.29) is 13.1 Å². The minimum atomic E-state index is -1.34. The van der Waals surface area contributed by atoms with Crippen LogP contribution in [0.3, 0.4) is 0 Å². The molecule has 9 heteroatoms. The lowest BCUT2D eigenvalue weighted by atomic mass is 10.2. The second-order valence-electron chi connectivity index (χ2n) is 3.90. The van der Waals surface area contributed by atoms with Crippen LogP contribution in [0.1, 0.15) is 0 Å². The average Bonchev–Trinajstić information content (AvgIpc) is 2.47. The molecule has 0 rings (SSSR count). The van der Waals surface area contributed by atoms with Crippen LogP contribution in [0.15, 0.2) is 25.3 Å². The summed E-state index contributed by atoms with van der Waals surface area (Å²) in [6, 6.07) is -2.48. The minimum Gasteiger partial charge on any atom is -0.480 e. The largest absolute Gasteiger partial charge is 0.480 e. The van der Waals surface area contributed by atoms with Gasteiger partial charge in [-0.1, -0.05) is 13.2 Å². The fourth-order valence-electron chi connectivity index (χ4n) is 1.13. The van der Waals surface area contributed by atoms with Crippen LogP contribution in [0.5, 0.6) is 0 Å². The molecular formula is C12H18N4O5. The van der Waals surface area contributed by atoms with E-state index >= 15 is 0 Å². The number of aliphatic carboxylic acids is 1. The van der Waals surface area contributed by atoms with Gasteiger partial charge >= 0.3 is 5.97 Å². The van der Waals surface area contributed by atoms with E-state index in [1.807, 2.05) is 0 Å². The molecule has 0 radical (unpaired) electrons. The topological polar surface area (TPSA) is 151 Å². The molecule has 0 spiro atoms. The lowest BCUT2D eigenvalue weighted by Gasteiger charge is -2.18. The first-order valence-corrected chi connectivity index (χ1v) is 5.91. The number of rotatable bonds is 9. The number of carbonyl (C=O) groups excluding carboxylic acids is 3. The summed E-state index contributed by atoms with van der Waals surface area (Å²) in [6.45, 7) is 5.93. The van der Waals surface area contributed by atoms with Crippen molar-refractivity contribution < 1.29 is 24.3 Å². The number of carboxylic acid groups (broad SMARTS) is 1. The van der Waals surface area contributed by atoms with Crippen LogP contribution in [-0.4, -0.2) is 54.0 Å². The van der Waals surface area contributed by atoms with E-state index in [9.17, 15) is 19.2 Å². The predicted octanol–water partition coefficient (Wildman–Crippen LogP) is -2.51. The molecule has 6 N–H and O–H groups in total. The van der Waals surface area contributed by atoms with Gasteiger partial charge in [-0.05, 0) is 12.2 Å². The molecule has 0 unspecified atom stereocenters. The van der Waals surface area contributed by atoms with Gasteiger partial charge in [-0.2, -0.15) is 0 Å². The SMILES string of the molecule is C=CC(=O)NC[C@H](NC(=O)[C@@H](N)CNC(=O)C=C)C(=O)O. The van der Waals surface area contributed by atoms with Crippen LogP contribution in [0.4, 0.5) is 0 Å². The van der Waals surface area contributed by atoms with E-state index < -0.39 is 35.8 Å². The number of nitrogens with one attached hydrogen (secondary N) is 3. The first-order chi connectivity index (χ1) is 9.81. The number of amides is 3. The van der Waals surface area contributed by atoms with Crippen molar-refractivity contribution in [3.63, 3.8) is 0 Å². The highest BCUT2D eigenvalue weighted by Crippen LogP contribution is 1.87. The molecule has 0 aliphatic rings. The van der Waals surface area contributed by atoms with Gasteiger partial charge in [0.1, 0.15) is 12.1 Å². The first kappa shape index (κ1) is 18.3. The molecule has 21 heavy (non-hydrogen) atoms. The zero-order valence-corrected chi connectivity index (χ0v) is 11.3. The number of nitrogens with two attached hydrogens (primary N) is 1. The summed E-state index contributed by atoms with van der Waals surface area (Å²) in [7, 11) is 0. The van der Waals surface area contributed by atoms with Crippen LogP contribution in [0.2, 0.25) is 0 Å². The number of carbonyl (C=O) groups is 4. The third-order valence-corrected chi connectivity index (χ3v) is 2.30. The maximum atomic E-state index is 11.7. The summed E-state index contributed by atoms with van der Waals surface area (Å²) >= 11 is 0. The standard InChI is InChI=1S/C12H18N4O5/c1-3-9(17)14-5-7(13)11(19)16-8(12(20)21)6-15-10(18)4-2/h3-4,7-8H,1-2,5-6,13H2,(H,14,17)(H,15,18)(H,16,19)(H,20,21)/t7-,8-/m0/s1.